The van der Waals surface area contributed by atoms with Crippen molar-refractivity contribution in [3.05, 3.63) is 45.2 Å². The van der Waals surface area contributed by atoms with E-state index in [2.05, 4.69) is 14.9 Å². The highest BCUT2D eigenvalue weighted by molar-refractivity contribution is 7.10. The largest absolute Gasteiger partial charge is 0.366 e. The molecule has 23 heavy (non-hydrogen) atoms. The average molecular weight is 334 g/mol. The number of amides is 1. The quantitative estimate of drug-likeness (QED) is 0.932. The predicted molar refractivity (Wildman–Crippen MR) is 86.8 cm³/mol. The van der Waals surface area contributed by atoms with Crippen LogP contribution >= 0.6 is 11.3 Å². The van der Waals surface area contributed by atoms with Gasteiger partial charge in [-0.25, -0.2) is 14.4 Å². The molecule has 1 aliphatic heterocycles. The maximum Gasteiger partial charge on any atom is 0.249 e. The molecule has 3 rings (SSSR count). The Morgan fingerprint density at radius 3 is 3.00 bits per heavy atom. The van der Waals surface area contributed by atoms with E-state index in [4.69, 9.17) is 5.73 Å². The number of aromatic nitrogens is 2. The van der Waals surface area contributed by atoms with Crippen LogP contribution < -0.4 is 5.73 Å². The van der Waals surface area contributed by atoms with E-state index >= 15 is 0 Å². The van der Waals surface area contributed by atoms with Gasteiger partial charge in [0, 0.05) is 41.7 Å². The van der Waals surface area contributed by atoms with Crippen molar-refractivity contribution in [1.82, 2.24) is 14.9 Å². The summed E-state index contributed by atoms with van der Waals surface area (Å²) in [4.78, 5) is 22.9. The number of hydrogen-bond donors (Lipinski definition) is 1. The van der Waals surface area contributed by atoms with Crippen LogP contribution in [0, 0.1) is 0 Å². The van der Waals surface area contributed by atoms with E-state index in [1.54, 1.807) is 17.5 Å². The van der Waals surface area contributed by atoms with Gasteiger partial charge in [0.2, 0.25) is 5.91 Å². The Morgan fingerprint density at radius 1 is 1.52 bits per heavy atom. The summed E-state index contributed by atoms with van der Waals surface area (Å²) in [5, 5.41) is 1.83. The molecule has 0 bridgehead atoms. The highest BCUT2D eigenvalue weighted by Crippen LogP contribution is 2.31. The fourth-order valence-electron chi connectivity index (χ4n) is 2.97. The molecule has 2 aromatic heterocycles. The second-order valence-electron chi connectivity index (χ2n) is 6.25. The molecule has 0 aliphatic carbocycles. The summed E-state index contributed by atoms with van der Waals surface area (Å²) >= 11 is 1.56. The molecule has 1 aliphatic rings. The lowest BCUT2D eigenvalue weighted by Crippen LogP contribution is -2.31. The molecule has 122 valence electrons. The SMILES string of the molecule is CC(C)(F)c1ncncc1CN1CCc2c(C(N)=O)csc2C1. The topological polar surface area (TPSA) is 72.1 Å². The minimum absolute atomic E-state index is 0.367. The fraction of sp³-hybridized carbons (Fsp3) is 0.438. The summed E-state index contributed by atoms with van der Waals surface area (Å²) in [6.07, 6.45) is 3.84. The van der Waals surface area contributed by atoms with Crippen LogP contribution in [0.2, 0.25) is 0 Å². The van der Waals surface area contributed by atoms with Crippen LogP contribution in [0.5, 0.6) is 0 Å². The summed E-state index contributed by atoms with van der Waals surface area (Å²) in [5.41, 5.74) is 6.84. The molecule has 2 N–H and O–H groups in total. The normalized spacial score (nSPS) is 15.4. The fourth-order valence-corrected chi connectivity index (χ4v) is 4.10. The van der Waals surface area contributed by atoms with Crippen LogP contribution in [0.4, 0.5) is 4.39 Å². The monoisotopic (exact) mass is 334 g/mol. The summed E-state index contributed by atoms with van der Waals surface area (Å²) in [5.74, 6) is -0.367. The second-order valence-corrected chi connectivity index (χ2v) is 7.21. The number of primary amides is 1. The molecule has 7 heteroatoms. The van der Waals surface area contributed by atoms with Crippen molar-refractivity contribution in [2.75, 3.05) is 6.54 Å². The molecule has 0 atom stereocenters. The van der Waals surface area contributed by atoms with E-state index in [1.807, 2.05) is 5.38 Å². The Morgan fingerprint density at radius 2 is 2.30 bits per heavy atom. The molecule has 0 saturated heterocycles. The van der Waals surface area contributed by atoms with Gasteiger partial charge in [0.05, 0.1) is 11.3 Å². The third-order valence-corrected chi connectivity index (χ3v) is 5.05. The standard InChI is InChI=1S/C16H19FN4OS/c1-16(2,17)14-10(5-19-9-20-14)6-21-4-3-11-12(15(18)22)8-23-13(11)7-21/h5,8-9H,3-4,6-7H2,1-2H3,(H2,18,22). The lowest BCUT2D eigenvalue weighted by Gasteiger charge is -2.28. The van der Waals surface area contributed by atoms with Crippen molar-refractivity contribution in [2.24, 2.45) is 5.73 Å². The predicted octanol–water partition coefficient (Wildman–Crippen LogP) is 2.40. The molecule has 0 radical (unpaired) electrons. The van der Waals surface area contributed by atoms with E-state index in [1.165, 1.54) is 20.2 Å². The summed E-state index contributed by atoms with van der Waals surface area (Å²) in [6.45, 7) is 5.13. The summed E-state index contributed by atoms with van der Waals surface area (Å²) in [6, 6.07) is 0. The highest BCUT2D eigenvalue weighted by atomic mass is 32.1. The maximum absolute atomic E-state index is 14.3. The molecule has 0 spiro atoms. The van der Waals surface area contributed by atoms with Crippen molar-refractivity contribution >= 4 is 17.2 Å². The van der Waals surface area contributed by atoms with Crippen LogP contribution in [0.3, 0.4) is 0 Å². The molecular formula is C16H19FN4OS. The zero-order valence-electron chi connectivity index (χ0n) is 13.2. The van der Waals surface area contributed by atoms with Gasteiger partial charge in [0.15, 0.2) is 0 Å². The van der Waals surface area contributed by atoms with Crippen LogP contribution in [0.1, 0.15) is 45.9 Å². The van der Waals surface area contributed by atoms with Crippen LogP contribution in [-0.2, 0) is 25.2 Å². The van der Waals surface area contributed by atoms with Gasteiger partial charge >= 0.3 is 0 Å². The minimum atomic E-state index is -1.50. The number of nitrogens with zero attached hydrogens (tertiary/aromatic N) is 3. The van der Waals surface area contributed by atoms with Crippen molar-refractivity contribution in [3.63, 3.8) is 0 Å². The molecule has 1 amide bonds. The van der Waals surface area contributed by atoms with Crippen molar-refractivity contribution in [1.29, 1.82) is 0 Å². The van der Waals surface area contributed by atoms with Gasteiger partial charge < -0.3 is 5.73 Å². The number of alkyl halides is 1. The minimum Gasteiger partial charge on any atom is -0.366 e. The number of thiophene rings is 1. The van der Waals surface area contributed by atoms with Gasteiger partial charge in [-0.3, -0.25) is 9.69 Å². The molecule has 3 heterocycles. The molecule has 0 unspecified atom stereocenters. The van der Waals surface area contributed by atoms with Gasteiger partial charge in [-0.05, 0) is 25.8 Å². The Balaban J connectivity index is 1.80. The third kappa shape index (κ3) is 3.25. The Labute approximate surface area is 138 Å². The van der Waals surface area contributed by atoms with Crippen molar-refractivity contribution < 1.29 is 9.18 Å². The molecule has 2 aromatic rings. The van der Waals surface area contributed by atoms with Gasteiger partial charge in [-0.15, -0.1) is 11.3 Å². The van der Waals surface area contributed by atoms with E-state index in [-0.39, 0.29) is 5.91 Å². The number of fused-ring (bicyclic) bond motifs is 1. The maximum atomic E-state index is 14.3. The van der Waals surface area contributed by atoms with Gasteiger partial charge in [0.25, 0.3) is 0 Å². The smallest absolute Gasteiger partial charge is 0.249 e. The molecule has 0 saturated carbocycles. The number of nitrogens with two attached hydrogens (primary N) is 1. The van der Waals surface area contributed by atoms with Crippen molar-refractivity contribution in [2.45, 2.75) is 39.0 Å². The first-order valence-corrected chi connectivity index (χ1v) is 8.34. The summed E-state index contributed by atoms with van der Waals surface area (Å²) < 4.78 is 14.3. The number of rotatable bonds is 4. The number of carbonyl (C=O) groups excluding carboxylic acids is 1. The lowest BCUT2D eigenvalue weighted by atomic mass is 10.00. The first-order valence-electron chi connectivity index (χ1n) is 7.46. The first kappa shape index (κ1) is 16.0. The van der Waals surface area contributed by atoms with Crippen LogP contribution in [0.25, 0.3) is 0 Å². The Hall–Kier alpha value is -1.86. The average Bonchev–Trinajstić information content (AvgIpc) is 2.90. The van der Waals surface area contributed by atoms with Crippen LogP contribution in [0.15, 0.2) is 17.9 Å². The van der Waals surface area contributed by atoms with Gasteiger partial charge in [0.1, 0.15) is 12.0 Å². The van der Waals surface area contributed by atoms with Gasteiger partial charge in [-0.1, -0.05) is 0 Å². The molecule has 0 fully saturated rings. The third-order valence-electron chi connectivity index (χ3n) is 4.04. The van der Waals surface area contributed by atoms with Crippen molar-refractivity contribution in [3.8, 4) is 0 Å². The van der Waals surface area contributed by atoms with E-state index in [0.717, 1.165) is 35.5 Å². The molecule has 5 nitrogen and oxygen atoms in total. The lowest BCUT2D eigenvalue weighted by molar-refractivity contribution is 0.0999. The summed E-state index contributed by atoms with van der Waals surface area (Å²) in [7, 11) is 0. The highest BCUT2D eigenvalue weighted by Gasteiger charge is 2.27. The van der Waals surface area contributed by atoms with E-state index in [9.17, 15) is 9.18 Å². The Bertz CT molecular complexity index is 738. The van der Waals surface area contributed by atoms with E-state index in [0.29, 0.717) is 17.8 Å². The molecule has 0 aromatic carbocycles. The van der Waals surface area contributed by atoms with Gasteiger partial charge in [-0.2, -0.15) is 0 Å². The second kappa shape index (κ2) is 5.98. The van der Waals surface area contributed by atoms with E-state index < -0.39 is 5.67 Å². The zero-order chi connectivity index (χ0) is 16.6. The molecular weight excluding hydrogens is 315 g/mol. The number of carbonyl (C=O) groups is 1. The first-order chi connectivity index (χ1) is 10.9. The zero-order valence-corrected chi connectivity index (χ0v) is 14.0. The Kier molecular flexibility index (Phi) is 4.16. The number of halogens is 1. The van der Waals surface area contributed by atoms with Crippen LogP contribution in [-0.4, -0.2) is 27.3 Å². The number of hydrogen-bond acceptors (Lipinski definition) is 5.